The van der Waals surface area contributed by atoms with Crippen molar-refractivity contribution in [1.29, 1.82) is 0 Å². The van der Waals surface area contributed by atoms with Crippen LogP contribution in [0.1, 0.15) is 0 Å². The third kappa shape index (κ3) is 3.67. The van der Waals surface area contributed by atoms with E-state index in [0.717, 1.165) is 20.4 Å². The molecule has 0 heterocycles. The molecule has 0 N–H and O–H groups in total. The van der Waals surface area contributed by atoms with E-state index < -0.39 is 0 Å². The monoisotopic (exact) mass is 336 g/mol. The van der Waals surface area contributed by atoms with E-state index in [0.29, 0.717) is 6.61 Å². The van der Waals surface area contributed by atoms with E-state index in [1.165, 1.54) is 0 Å². The first kappa shape index (κ1) is 12.1. The van der Waals surface area contributed by atoms with Crippen molar-refractivity contribution in [3.05, 3.63) is 39.3 Å². The smallest absolute Gasteiger partial charge is 0.148 e. The van der Waals surface area contributed by atoms with Crippen molar-refractivity contribution in [1.82, 2.24) is 0 Å². The van der Waals surface area contributed by atoms with Gasteiger partial charge < -0.3 is 4.74 Å². The normalized spacial score (nSPS) is 10.8. The Bertz CT molecular complexity index is 306. The summed E-state index contributed by atoms with van der Waals surface area (Å²) < 4.78 is 7.46. The van der Waals surface area contributed by atoms with E-state index in [2.05, 4.69) is 44.5 Å². The van der Waals surface area contributed by atoms with Gasteiger partial charge in [-0.05, 0) is 44.0 Å². The SMILES string of the molecule is SCC=CCOc1c(Br)cccc1Br. The van der Waals surface area contributed by atoms with E-state index in [-0.39, 0.29) is 0 Å². The first-order valence-corrected chi connectivity index (χ1v) is 6.30. The molecule has 1 aromatic rings. The summed E-state index contributed by atoms with van der Waals surface area (Å²) in [6.07, 6.45) is 3.90. The Balaban J connectivity index is 2.62. The van der Waals surface area contributed by atoms with Gasteiger partial charge in [0.1, 0.15) is 12.4 Å². The Kier molecular flexibility index (Phi) is 5.67. The molecule has 76 valence electrons. The molecule has 0 spiro atoms. The van der Waals surface area contributed by atoms with Crippen LogP contribution in [0.4, 0.5) is 0 Å². The molecule has 0 aromatic heterocycles. The summed E-state index contributed by atoms with van der Waals surface area (Å²) in [6, 6.07) is 5.84. The minimum absolute atomic E-state index is 0.557. The van der Waals surface area contributed by atoms with Crippen LogP contribution in [0.25, 0.3) is 0 Å². The van der Waals surface area contributed by atoms with Crippen LogP contribution in [0.15, 0.2) is 39.3 Å². The summed E-state index contributed by atoms with van der Waals surface area (Å²) in [6.45, 7) is 0.557. The van der Waals surface area contributed by atoms with Crippen LogP contribution < -0.4 is 4.74 Å². The molecule has 0 atom stereocenters. The van der Waals surface area contributed by atoms with E-state index in [9.17, 15) is 0 Å². The number of rotatable bonds is 4. The van der Waals surface area contributed by atoms with E-state index in [4.69, 9.17) is 4.74 Å². The van der Waals surface area contributed by atoms with Gasteiger partial charge in [0.05, 0.1) is 8.95 Å². The number of hydrogen-bond donors (Lipinski definition) is 1. The van der Waals surface area contributed by atoms with Crippen molar-refractivity contribution in [2.75, 3.05) is 12.4 Å². The Labute approximate surface area is 106 Å². The van der Waals surface area contributed by atoms with Crippen molar-refractivity contribution in [2.45, 2.75) is 0 Å². The topological polar surface area (TPSA) is 9.23 Å². The third-order valence-corrected chi connectivity index (χ3v) is 2.97. The predicted molar refractivity (Wildman–Crippen MR) is 70.3 cm³/mol. The van der Waals surface area contributed by atoms with Gasteiger partial charge in [-0.25, -0.2) is 0 Å². The molecule has 0 bridgehead atoms. The highest BCUT2D eigenvalue weighted by molar-refractivity contribution is 9.11. The van der Waals surface area contributed by atoms with Crippen molar-refractivity contribution in [3.8, 4) is 5.75 Å². The minimum atomic E-state index is 0.557. The fourth-order valence-electron chi connectivity index (χ4n) is 0.894. The van der Waals surface area contributed by atoms with Gasteiger partial charge in [-0.1, -0.05) is 18.2 Å². The Morgan fingerprint density at radius 2 is 1.86 bits per heavy atom. The predicted octanol–water partition coefficient (Wildman–Crippen LogP) is 4.08. The number of benzene rings is 1. The Hall–Kier alpha value is 0.0700. The third-order valence-electron chi connectivity index (χ3n) is 1.51. The molecule has 1 nitrogen and oxygen atoms in total. The summed E-state index contributed by atoms with van der Waals surface area (Å²) in [5.41, 5.74) is 0. The van der Waals surface area contributed by atoms with Crippen LogP contribution >= 0.6 is 44.5 Å². The summed E-state index contributed by atoms with van der Waals surface area (Å²) in [4.78, 5) is 0. The van der Waals surface area contributed by atoms with Gasteiger partial charge >= 0.3 is 0 Å². The number of halogens is 2. The molecule has 0 aliphatic rings. The molecule has 0 aliphatic heterocycles. The largest absolute Gasteiger partial charge is 0.487 e. The van der Waals surface area contributed by atoms with Gasteiger partial charge in [-0.3, -0.25) is 0 Å². The van der Waals surface area contributed by atoms with Crippen LogP contribution in [-0.4, -0.2) is 12.4 Å². The molecular formula is C10H10Br2OS. The van der Waals surface area contributed by atoms with Crippen LogP contribution in [0.2, 0.25) is 0 Å². The second-order valence-electron chi connectivity index (χ2n) is 2.52. The first-order chi connectivity index (χ1) is 6.75. The highest BCUT2D eigenvalue weighted by atomic mass is 79.9. The number of para-hydroxylation sites is 1. The Morgan fingerprint density at radius 3 is 2.43 bits per heavy atom. The maximum atomic E-state index is 5.56. The molecule has 4 heteroatoms. The van der Waals surface area contributed by atoms with E-state index in [1.807, 2.05) is 30.4 Å². The van der Waals surface area contributed by atoms with Gasteiger partial charge in [0.15, 0.2) is 0 Å². The van der Waals surface area contributed by atoms with Crippen LogP contribution in [0.5, 0.6) is 5.75 Å². The summed E-state index contributed by atoms with van der Waals surface area (Å²) in [5.74, 6) is 1.57. The molecule has 0 radical (unpaired) electrons. The summed E-state index contributed by atoms with van der Waals surface area (Å²) in [5, 5.41) is 0. The molecule has 1 rings (SSSR count). The lowest BCUT2D eigenvalue weighted by atomic mass is 10.3. The summed E-state index contributed by atoms with van der Waals surface area (Å²) in [7, 11) is 0. The number of thiol groups is 1. The van der Waals surface area contributed by atoms with Gasteiger partial charge in [0.25, 0.3) is 0 Å². The fourth-order valence-corrected chi connectivity index (χ4v) is 2.27. The quantitative estimate of drug-likeness (QED) is 0.643. The van der Waals surface area contributed by atoms with Gasteiger partial charge in [-0.2, -0.15) is 12.6 Å². The second-order valence-corrected chi connectivity index (χ2v) is 4.59. The molecule has 0 saturated heterocycles. The molecule has 1 aromatic carbocycles. The maximum Gasteiger partial charge on any atom is 0.148 e. The average Bonchev–Trinajstić information content (AvgIpc) is 2.16. The summed E-state index contributed by atoms with van der Waals surface area (Å²) >= 11 is 10.9. The standard InChI is InChI=1S/C10H10Br2OS/c11-8-4-3-5-9(12)10(8)13-6-1-2-7-14/h1-5,14H,6-7H2. The molecule has 0 amide bonds. The van der Waals surface area contributed by atoms with Gasteiger partial charge in [0.2, 0.25) is 0 Å². The van der Waals surface area contributed by atoms with Crippen molar-refractivity contribution >= 4 is 44.5 Å². The van der Waals surface area contributed by atoms with Crippen molar-refractivity contribution < 1.29 is 4.74 Å². The van der Waals surface area contributed by atoms with Crippen molar-refractivity contribution in [2.24, 2.45) is 0 Å². The van der Waals surface area contributed by atoms with Crippen molar-refractivity contribution in [3.63, 3.8) is 0 Å². The molecule has 0 aliphatic carbocycles. The number of ether oxygens (including phenoxy) is 1. The molecule has 0 fully saturated rings. The second kappa shape index (κ2) is 6.53. The van der Waals surface area contributed by atoms with Gasteiger partial charge in [0, 0.05) is 5.75 Å². The minimum Gasteiger partial charge on any atom is -0.487 e. The fraction of sp³-hybridized carbons (Fsp3) is 0.200. The lowest BCUT2D eigenvalue weighted by Gasteiger charge is -2.07. The molecule has 0 unspecified atom stereocenters. The maximum absolute atomic E-state index is 5.56. The van der Waals surface area contributed by atoms with Crippen LogP contribution in [0.3, 0.4) is 0 Å². The van der Waals surface area contributed by atoms with Crippen LogP contribution in [-0.2, 0) is 0 Å². The lowest BCUT2D eigenvalue weighted by molar-refractivity contribution is 0.358. The zero-order chi connectivity index (χ0) is 10.4. The highest BCUT2D eigenvalue weighted by Gasteiger charge is 2.03. The average molecular weight is 338 g/mol. The first-order valence-electron chi connectivity index (χ1n) is 4.08. The molecule has 0 saturated carbocycles. The van der Waals surface area contributed by atoms with E-state index in [1.54, 1.807) is 0 Å². The van der Waals surface area contributed by atoms with Crippen LogP contribution in [0, 0.1) is 0 Å². The number of hydrogen-bond acceptors (Lipinski definition) is 2. The zero-order valence-electron chi connectivity index (χ0n) is 7.41. The highest BCUT2D eigenvalue weighted by Crippen LogP contribution is 2.32. The Morgan fingerprint density at radius 1 is 1.21 bits per heavy atom. The molecular weight excluding hydrogens is 328 g/mol. The molecule has 14 heavy (non-hydrogen) atoms. The van der Waals surface area contributed by atoms with E-state index >= 15 is 0 Å². The zero-order valence-corrected chi connectivity index (χ0v) is 11.5. The van der Waals surface area contributed by atoms with Gasteiger partial charge in [-0.15, -0.1) is 0 Å². The lowest BCUT2D eigenvalue weighted by Crippen LogP contribution is -1.95.